The summed E-state index contributed by atoms with van der Waals surface area (Å²) >= 11 is 0. The highest BCUT2D eigenvalue weighted by Gasteiger charge is 2.43. The Morgan fingerprint density at radius 1 is 1.21 bits per heavy atom. The third-order valence-corrected chi connectivity index (χ3v) is 3.41. The number of rotatable bonds is 3. The lowest BCUT2D eigenvalue weighted by molar-refractivity contribution is -0.0917. The average Bonchev–Trinajstić information content (AvgIpc) is 2.47. The molecule has 2 saturated heterocycles. The average molecular weight is 222 g/mol. The van der Waals surface area contributed by atoms with Gasteiger partial charge < -0.3 is 14.8 Å². The largest absolute Gasteiger partial charge is 0.382 e. The van der Waals surface area contributed by atoms with E-state index in [4.69, 9.17) is 9.47 Å². The zero-order valence-corrected chi connectivity index (χ0v) is 9.73. The molecule has 2 atom stereocenters. The number of piperidine rings is 1. The van der Waals surface area contributed by atoms with Crippen LogP contribution in [0.3, 0.4) is 0 Å². The van der Waals surface area contributed by atoms with Crippen molar-refractivity contribution in [3.8, 4) is 0 Å². The van der Waals surface area contributed by atoms with Crippen LogP contribution in [0.1, 0.15) is 25.7 Å². The molecule has 0 aliphatic carbocycles. The fraction of sp³-hybridized carbons (Fsp3) is 1.00. The molecule has 3 nitrogen and oxygen atoms in total. The Morgan fingerprint density at radius 3 is 2.21 bits per heavy atom. The molecule has 0 amide bonds. The maximum absolute atomic E-state index is 5.64. The van der Waals surface area contributed by atoms with Gasteiger partial charge in [-0.2, -0.15) is 0 Å². The molecule has 0 aromatic carbocycles. The van der Waals surface area contributed by atoms with Crippen molar-refractivity contribution in [1.29, 1.82) is 0 Å². The normalized spacial score (nSPS) is 40.7. The molecule has 0 aromatic rings. The van der Waals surface area contributed by atoms with Crippen LogP contribution in [0.15, 0.2) is 0 Å². The first-order valence-corrected chi connectivity index (χ1v) is 5.08. The Balaban J connectivity index is 0.000000980. The molecule has 0 aromatic heterocycles. The first kappa shape index (κ1) is 12.2. The van der Waals surface area contributed by atoms with Crippen molar-refractivity contribution in [2.24, 2.45) is 0 Å². The van der Waals surface area contributed by atoms with Crippen LogP contribution in [0.25, 0.3) is 0 Å². The van der Waals surface area contributed by atoms with E-state index in [9.17, 15) is 0 Å². The quantitative estimate of drug-likeness (QED) is 0.781. The highest BCUT2D eigenvalue weighted by atomic mass is 35.5. The summed E-state index contributed by atoms with van der Waals surface area (Å²) in [4.78, 5) is 0. The molecule has 0 spiro atoms. The Bertz CT molecular complexity index is 177. The van der Waals surface area contributed by atoms with Crippen LogP contribution in [0, 0.1) is 0 Å². The van der Waals surface area contributed by atoms with Crippen molar-refractivity contribution in [1.82, 2.24) is 5.32 Å². The molecule has 1 N–H and O–H groups in total. The van der Waals surface area contributed by atoms with E-state index in [0.717, 1.165) is 19.4 Å². The van der Waals surface area contributed by atoms with Gasteiger partial charge in [-0.25, -0.2) is 0 Å². The molecular weight excluding hydrogens is 202 g/mol. The van der Waals surface area contributed by atoms with E-state index >= 15 is 0 Å². The molecular formula is C10H20ClNO2. The standard InChI is InChI=1S/C10H19NO2.ClH/c1-12-7-10(13-2)5-8-3-4-9(6-10)11-8;/h8-9,11H,3-7H2,1-2H3;1H. The van der Waals surface area contributed by atoms with Crippen molar-refractivity contribution >= 4 is 12.4 Å². The minimum atomic E-state index is -0.00810. The number of halogens is 1. The van der Waals surface area contributed by atoms with Crippen molar-refractivity contribution in [2.75, 3.05) is 20.8 Å². The second-order valence-corrected chi connectivity index (χ2v) is 4.37. The predicted octanol–water partition coefficient (Wildman–Crippen LogP) is 1.35. The molecule has 2 unspecified atom stereocenters. The van der Waals surface area contributed by atoms with E-state index in [1.807, 2.05) is 7.11 Å². The van der Waals surface area contributed by atoms with Gasteiger partial charge in [0, 0.05) is 26.3 Å². The minimum absolute atomic E-state index is 0. The van der Waals surface area contributed by atoms with Crippen LogP contribution in [-0.4, -0.2) is 38.5 Å². The van der Waals surface area contributed by atoms with Crippen molar-refractivity contribution < 1.29 is 9.47 Å². The molecule has 14 heavy (non-hydrogen) atoms. The first-order chi connectivity index (χ1) is 6.28. The zero-order chi connectivity index (χ0) is 9.31. The lowest BCUT2D eigenvalue weighted by atomic mass is 9.88. The van der Waals surface area contributed by atoms with Crippen molar-refractivity contribution in [3.63, 3.8) is 0 Å². The fourth-order valence-electron chi connectivity index (χ4n) is 2.81. The van der Waals surface area contributed by atoms with Gasteiger partial charge in [0.2, 0.25) is 0 Å². The minimum Gasteiger partial charge on any atom is -0.382 e. The summed E-state index contributed by atoms with van der Waals surface area (Å²) in [5, 5.41) is 3.60. The van der Waals surface area contributed by atoms with Crippen LogP contribution >= 0.6 is 12.4 Å². The van der Waals surface area contributed by atoms with Gasteiger partial charge in [-0.1, -0.05) is 0 Å². The summed E-state index contributed by atoms with van der Waals surface area (Å²) in [5.74, 6) is 0. The number of hydrogen-bond acceptors (Lipinski definition) is 3. The summed E-state index contributed by atoms with van der Waals surface area (Å²) in [5.41, 5.74) is -0.00810. The van der Waals surface area contributed by atoms with Gasteiger partial charge in [0.05, 0.1) is 12.2 Å². The van der Waals surface area contributed by atoms with Gasteiger partial charge >= 0.3 is 0 Å². The van der Waals surface area contributed by atoms with Gasteiger partial charge in [-0.3, -0.25) is 0 Å². The molecule has 2 bridgehead atoms. The smallest absolute Gasteiger partial charge is 0.0940 e. The molecule has 2 fully saturated rings. The van der Waals surface area contributed by atoms with E-state index < -0.39 is 0 Å². The summed E-state index contributed by atoms with van der Waals surface area (Å²) < 4.78 is 10.9. The highest BCUT2D eigenvalue weighted by molar-refractivity contribution is 5.85. The van der Waals surface area contributed by atoms with Crippen LogP contribution in [0.2, 0.25) is 0 Å². The Morgan fingerprint density at radius 2 is 1.79 bits per heavy atom. The molecule has 2 heterocycles. The fourth-order valence-corrected chi connectivity index (χ4v) is 2.81. The van der Waals surface area contributed by atoms with E-state index in [1.54, 1.807) is 7.11 Å². The van der Waals surface area contributed by atoms with Crippen molar-refractivity contribution in [2.45, 2.75) is 43.4 Å². The number of fused-ring (bicyclic) bond motifs is 2. The summed E-state index contributed by atoms with van der Waals surface area (Å²) in [7, 11) is 3.56. The maximum Gasteiger partial charge on any atom is 0.0940 e. The highest BCUT2D eigenvalue weighted by Crippen LogP contribution is 2.36. The van der Waals surface area contributed by atoms with E-state index in [1.165, 1.54) is 12.8 Å². The van der Waals surface area contributed by atoms with Crippen molar-refractivity contribution in [3.05, 3.63) is 0 Å². The molecule has 2 aliphatic rings. The lowest BCUT2D eigenvalue weighted by Gasteiger charge is -2.39. The molecule has 4 heteroatoms. The first-order valence-electron chi connectivity index (χ1n) is 5.08. The van der Waals surface area contributed by atoms with Gasteiger partial charge in [0.1, 0.15) is 0 Å². The summed E-state index contributed by atoms with van der Waals surface area (Å²) in [6.07, 6.45) is 4.82. The third kappa shape index (κ3) is 2.22. The maximum atomic E-state index is 5.64. The Labute approximate surface area is 91.9 Å². The number of methoxy groups -OCH3 is 2. The number of hydrogen-bond donors (Lipinski definition) is 1. The van der Waals surface area contributed by atoms with Crippen LogP contribution in [0.4, 0.5) is 0 Å². The second-order valence-electron chi connectivity index (χ2n) is 4.37. The summed E-state index contributed by atoms with van der Waals surface area (Å²) in [6.45, 7) is 0.734. The van der Waals surface area contributed by atoms with E-state index in [0.29, 0.717) is 12.1 Å². The van der Waals surface area contributed by atoms with Crippen LogP contribution < -0.4 is 5.32 Å². The number of ether oxygens (including phenoxy) is 2. The predicted molar refractivity (Wildman–Crippen MR) is 58.0 cm³/mol. The third-order valence-electron chi connectivity index (χ3n) is 3.41. The molecule has 84 valence electrons. The molecule has 0 radical (unpaired) electrons. The molecule has 2 aliphatic heterocycles. The van der Waals surface area contributed by atoms with E-state index in [2.05, 4.69) is 5.32 Å². The summed E-state index contributed by atoms with van der Waals surface area (Å²) in [6, 6.07) is 1.32. The van der Waals surface area contributed by atoms with Gasteiger partial charge in [0.15, 0.2) is 0 Å². The van der Waals surface area contributed by atoms with E-state index in [-0.39, 0.29) is 18.0 Å². The van der Waals surface area contributed by atoms with Crippen LogP contribution in [0.5, 0.6) is 0 Å². The Hall–Kier alpha value is 0.170. The van der Waals surface area contributed by atoms with Crippen LogP contribution in [-0.2, 0) is 9.47 Å². The number of nitrogens with one attached hydrogen (secondary N) is 1. The van der Waals surface area contributed by atoms with Gasteiger partial charge in [0.25, 0.3) is 0 Å². The SMILES string of the molecule is COCC1(OC)CC2CCC(C1)N2.Cl. The Kier molecular flexibility index (Phi) is 4.19. The zero-order valence-electron chi connectivity index (χ0n) is 8.91. The second kappa shape index (κ2) is 4.79. The van der Waals surface area contributed by atoms with Gasteiger partial charge in [-0.05, 0) is 25.7 Å². The monoisotopic (exact) mass is 221 g/mol. The van der Waals surface area contributed by atoms with Gasteiger partial charge in [-0.15, -0.1) is 12.4 Å². The molecule has 2 rings (SSSR count). The lowest BCUT2D eigenvalue weighted by Crippen LogP contribution is -2.51. The topological polar surface area (TPSA) is 30.5 Å². The molecule has 0 saturated carbocycles.